The van der Waals surface area contributed by atoms with E-state index < -0.39 is 17.5 Å². The van der Waals surface area contributed by atoms with Crippen molar-refractivity contribution in [3.63, 3.8) is 0 Å². The van der Waals surface area contributed by atoms with Crippen molar-refractivity contribution in [1.82, 2.24) is 0 Å². The van der Waals surface area contributed by atoms with Crippen molar-refractivity contribution in [2.45, 2.75) is 0 Å². The van der Waals surface area contributed by atoms with Crippen LogP contribution in [0.3, 0.4) is 0 Å². The molecular formula is C14H9Br2F2NO2. The van der Waals surface area contributed by atoms with E-state index in [4.69, 9.17) is 4.74 Å². The lowest BCUT2D eigenvalue weighted by Gasteiger charge is -2.09. The topological polar surface area (TPSA) is 38.3 Å². The molecule has 21 heavy (non-hydrogen) atoms. The largest absolute Gasteiger partial charge is 0.483 e. The summed E-state index contributed by atoms with van der Waals surface area (Å²) in [4.78, 5) is 11.7. The molecule has 2 aromatic rings. The van der Waals surface area contributed by atoms with E-state index in [1.165, 1.54) is 0 Å². The maximum atomic E-state index is 13.4. The van der Waals surface area contributed by atoms with E-state index >= 15 is 0 Å². The highest BCUT2D eigenvalue weighted by molar-refractivity contribution is 9.11. The number of hydrogen-bond acceptors (Lipinski definition) is 2. The average molecular weight is 421 g/mol. The number of ether oxygens (including phenoxy) is 1. The number of anilines is 1. The van der Waals surface area contributed by atoms with Crippen LogP contribution in [0.2, 0.25) is 0 Å². The molecule has 0 saturated heterocycles. The number of carbonyl (C=O) groups is 1. The minimum absolute atomic E-state index is 0.0973. The zero-order valence-corrected chi connectivity index (χ0v) is 13.7. The second-order valence-corrected chi connectivity index (χ2v) is 5.81. The van der Waals surface area contributed by atoms with E-state index in [1.807, 2.05) is 0 Å². The lowest BCUT2D eigenvalue weighted by atomic mass is 10.3. The van der Waals surface area contributed by atoms with E-state index in [-0.39, 0.29) is 12.3 Å². The maximum Gasteiger partial charge on any atom is 0.262 e. The zero-order chi connectivity index (χ0) is 15.4. The molecule has 0 aliphatic carbocycles. The molecule has 0 aliphatic heterocycles. The molecule has 0 heterocycles. The predicted octanol–water partition coefficient (Wildman–Crippen LogP) is 4.51. The molecule has 0 aliphatic rings. The molecule has 0 bridgehead atoms. The molecule has 0 atom stereocenters. The Kier molecular flexibility index (Phi) is 5.30. The van der Waals surface area contributed by atoms with E-state index in [0.717, 1.165) is 16.6 Å². The van der Waals surface area contributed by atoms with Gasteiger partial charge in [-0.25, -0.2) is 8.78 Å². The monoisotopic (exact) mass is 419 g/mol. The summed E-state index contributed by atoms with van der Waals surface area (Å²) < 4.78 is 33.0. The van der Waals surface area contributed by atoms with Gasteiger partial charge in [0, 0.05) is 10.5 Å². The number of hydrogen-bond donors (Lipinski definition) is 1. The molecule has 1 N–H and O–H groups in total. The summed E-state index contributed by atoms with van der Waals surface area (Å²) >= 11 is 6.59. The van der Waals surface area contributed by atoms with Gasteiger partial charge in [0.15, 0.2) is 6.61 Å². The fourth-order valence-corrected chi connectivity index (χ4v) is 2.67. The quantitative estimate of drug-likeness (QED) is 0.790. The second kappa shape index (κ2) is 7.00. The van der Waals surface area contributed by atoms with Crippen LogP contribution in [0, 0.1) is 11.6 Å². The van der Waals surface area contributed by atoms with Crippen molar-refractivity contribution in [1.29, 1.82) is 0 Å². The second-order valence-electron chi connectivity index (χ2n) is 4.04. The first-order valence-electron chi connectivity index (χ1n) is 5.78. The van der Waals surface area contributed by atoms with Crippen LogP contribution in [0.5, 0.6) is 5.75 Å². The number of benzene rings is 2. The van der Waals surface area contributed by atoms with E-state index in [2.05, 4.69) is 37.2 Å². The van der Waals surface area contributed by atoms with Crippen molar-refractivity contribution in [2.24, 2.45) is 0 Å². The fourth-order valence-electron chi connectivity index (χ4n) is 1.51. The van der Waals surface area contributed by atoms with Crippen LogP contribution in [0.15, 0.2) is 45.3 Å². The minimum Gasteiger partial charge on any atom is -0.483 e. The number of amides is 1. The fraction of sp³-hybridized carbons (Fsp3) is 0.0714. The Morgan fingerprint density at radius 2 is 1.90 bits per heavy atom. The van der Waals surface area contributed by atoms with Gasteiger partial charge in [-0.15, -0.1) is 0 Å². The average Bonchev–Trinajstić information content (AvgIpc) is 2.41. The normalized spacial score (nSPS) is 10.3. The minimum atomic E-state index is -0.840. The van der Waals surface area contributed by atoms with Gasteiger partial charge in [-0.2, -0.15) is 0 Å². The molecule has 0 radical (unpaired) electrons. The van der Waals surface area contributed by atoms with Crippen molar-refractivity contribution >= 4 is 43.5 Å². The number of nitrogens with one attached hydrogen (secondary N) is 1. The van der Waals surface area contributed by atoms with Crippen LogP contribution in [0.1, 0.15) is 0 Å². The summed E-state index contributed by atoms with van der Waals surface area (Å²) in [6.07, 6.45) is 0. The molecular weight excluding hydrogens is 412 g/mol. The highest BCUT2D eigenvalue weighted by atomic mass is 79.9. The molecule has 0 saturated carbocycles. The summed E-state index contributed by atoms with van der Waals surface area (Å²) in [6, 6.07) is 8.12. The lowest BCUT2D eigenvalue weighted by molar-refractivity contribution is -0.118. The summed E-state index contributed by atoms with van der Waals surface area (Å²) in [5.74, 6) is -1.61. The van der Waals surface area contributed by atoms with Crippen LogP contribution in [-0.2, 0) is 4.79 Å². The van der Waals surface area contributed by atoms with Crippen molar-refractivity contribution < 1.29 is 18.3 Å². The maximum absolute atomic E-state index is 13.4. The van der Waals surface area contributed by atoms with Gasteiger partial charge in [-0.05, 0) is 46.3 Å². The molecule has 2 rings (SSSR count). The van der Waals surface area contributed by atoms with Gasteiger partial charge in [0.05, 0.1) is 10.2 Å². The van der Waals surface area contributed by atoms with Crippen molar-refractivity contribution in [3.8, 4) is 5.75 Å². The van der Waals surface area contributed by atoms with Gasteiger partial charge in [0.2, 0.25) is 0 Å². The first kappa shape index (κ1) is 15.9. The molecule has 3 nitrogen and oxygen atoms in total. The van der Waals surface area contributed by atoms with Crippen LogP contribution >= 0.6 is 31.9 Å². The van der Waals surface area contributed by atoms with Gasteiger partial charge in [0.1, 0.15) is 17.4 Å². The lowest BCUT2D eigenvalue weighted by Crippen LogP contribution is -2.21. The number of halogens is 4. The molecule has 0 unspecified atom stereocenters. The molecule has 0 spiro atoms. The van der Waals surface area contributed by atoms with E-state index in [1.54, 1.807) is 18.2 Å². The third-order valence-corrected chi connectivity index (χ3v) is 3.57. The molecule has 0 aromatic heterocycles. The third kappa shape index (κ3) is 4.50. The van der Waals surface area contributed by atoms with Crippen LogP contribution in [-0.4, -0.2) is 12.5 Å². The Balaban J connectivity index is 1.96. The molecule has 1 amide bonds. The third-order valence-electron chi connectivity index (χ3n) is 2.46. The van der Waals surface area contributed by atoms with Gasteiger partial charge in [-0.3, -0.25) is 4.79 Å². The molecule has 7 heteroatoms. The van der Waals surface area contributed by atoms with Gasteiger partial charge >= 0.3 is 0 Å². The van der Waals surface area contributed by atoms with E-state index in [0.29, 0.717) is 16.3 Å². The Labute approximate surface area is 136 Å². The van der Waals surface area contributed by atoms with Crippen LogP contribution < -0.4 is 10.1 Å². The van der Waals surface area contributed by atoms with Crippen molar-refractivity contribution in [2.75, 3.05) is 11.9 Å². The first-order chi connectivity index (χ1) is 9.95. The first-order valence-corrected chi connectivity index (χ1v) is 7.37. The van der Waals surface area contributed by atoms with Gasteiger partial charge < -0.3 is 10.1 Å². The molecule has 110 valence electrons. The predicted molar refractivity (Wildman–Crippen MR) is 82.3 cm³/mol. The molecule has 2 aromatic carbocycles. The van der Waals surface area contributed by atoms with Crippen LogP contribution in [0.25, 0.3) is 0 Å². The highest BCUT2D eigenvalue weighted by Gasteiger charge is 2.10. The molecule has 0 fully saturated rings. The standard InChI is InChI=1S/C14H9Br2F2NO2/c15-8-1-4-13(10(16)5-8)21-7-14(20)19-12-3-2-9(17)6-11(12)18/h1-6H,7H2,(H,19,20). The summed E-state index contributed by atoms with van der Waals surface area (Å²) in [6.45, 7) is -0.295. The zero-order valence-electron chi connectivity index (χ0n) is 10.5. The Bertz CT molecular complexity index is 680. The summed E-state index contributed by atoms with van der Waals surface area (Å²) in [5.41, 5.74) is -0.0973. The SMILES string of the molecule is O=C(COc1ccc(Br)cc1Br)Nc1ccc(F)cc1F. The summed E-state index contributed by atoms with van der Waals surface area (Å²) in [7, 11) is 0. The van der Waals surface area contributed by atoms with E-state index in [9.17, 15) is 13.6 Å². The highest BCUT2D eigenvalue weighted by Crippen LogP contribution is 2.28. The summed E-state index contributed by atoms with van der Waals surface area (Å²) in [5, 5.41) is 2.31. The van der Waals surface area contributed by atoms with Crippen LogP contribution in [0.4, 0.5) is 14.5 Å². The number of rotatable bonds is 4. The van der Waals surface area contributed by atoms with Gasteiger partial charge in [-0.1, -0.05) is 15.9 Å². The smallest absolute Gasteiger partial charge is 0.262 e. The Morgan fingerprint density at radius 1 is 1.14 bits per heavy atom. The Hall–Kier alpha value is -1.47. The Morgan fingerprint density at radius 3 is 2.57 bits per heavy atom. The van der Waals surface area contributed by atoms with Crippen molar-refractivity contribution in [3.05, 3.63) is 57.0 Å². The van der Waals surface area contributed by atoms with Gasteiger partial charge in [0.25, 0.3) is 5.91 Å². The number of carbonyl (C=O) groups excluding carboxylic acids is 1.